The van der Waals surface area contributed by atoms with Gasteiger partial charge in [0.25, 0.3) is 5.91 Å². The zero-order valence-electron chi connectivity index (χ0n) is 22.6. The molecule has 3 heterocycles. The summed E-state index contributed by atoms with van der Waals surface area (Å²) in [6.45, 7) is 8.22. The van der Waals surface area contributed by atoms with Gasteiger partial charge in [-0.2, -0.15) is 0 Å². The number of halogens is 1. The SMILES string of the molecule is CC[C@H]1CN(c2nc(N)c(C(=O)NC)nc2Cl)CCN1C1CCN([C@@H](C(=O)OC)c2ccc(C)cc2)CC1. The molecular formula is C27H38ClN7O3. The lowest BCUT2D eigenvalue weighted by molar-refractivity contribution is -0.148. The second kappa shape index (κ2) is 12.3. The summed E-state index contributed by atoms with van der Waals surface area (Å²) in [5.41, 5.74) is 8.21. The number of piperazine rings is 1. The van der Waals surface area contributed by atoms with Gasteiger partial charge in [-0.15, -0.1) is 0 Å². The molecule has 2 aromatic rings. The van der Waals surface area contributed by atoms with E-state index in [1.165, 1.54) is 14.2 Å². The van der Waals surface area contributed by atoms with Crippen LogP contribution in [0.2, 0.25) is 5.15 Å². The Morgan fingerprint density at radius 3 is 2.45 bits per heavy atom. The van der Waals surface area contributed by atoms with Crippen LogP contribution in [-0.2, 0) is 9.53 Å². The number of likely N-dealkylation sites (tertiary alicyclic amines) is 1. The summed E-state index contributed by atoms with van der Waals surface area (Å²) in [7, 11) is 2.97. The molecule has 0 spiro atoms. The highest BCUT2D eigenvalue weighted by molar-refractivity contribution is 6.32. The summed E-state index contributed by atoms with van der Waals surface area (Å²) >= 11 is 6.45. The van der Waals surface area contributed by atoms with Crippen LogP contribution in [0.5, 0.6) is 0 Å². The normalized spacial score (nSPS) is 20.2. The van der Waals surface area contributed by atoms with Crippen LogP contribution in [0.4, 0.5) is 11.6 Å². The van der Waals surface area contributed by atoms with Crippen molar-refractivity contribution in [2.24, 2.45) is 0 Å². The Kier molecular flexibility index (Phi) is 9.07. The average molecular weight is 544 g/mol. The molecule has 3 N–H and O–H groups in total. The predicted octanol–water partition coefficient (Wildman–Crippen LogP) is 2.66. The number of rotatable bonds is 7. The number of esters is 1. The Labute approximate surface area is 229 Å². The first-order valence-corrected chi connectivity index (χ1v) is 13.6. The third-order valence-corrected chi connectivity index (χ3v) is 8.01. The van der Waals surface area contributed by atoms with Crippen molar-refractivity contribution in [3.63, 3.8) is 0 Å². The maximum Gasteiger partial charge on any atom is 0.327 e. The monoisotopic (exact) mass is 543 g/mol. The molecule has 2 fully saturated rings. The van der Waals surface area contributed by atoms with Crippen LogP contribution in [0.25, 0.3) is 0 Å². The van der Waals surface area contributed by atoms with Crippen molar-refractivity contribution in [3.05, 3.63) is 46.2 Å². The Morgan fingerprint density at radius 1 is 1.16 bits per heavy atom. The molecule has 1 amide bonds. The van der Waals surface area contributed by atoms with Crippen molar-refractivity contribution in [3.8, 4) is 0 Å². The van der Waals surface area contributed by atoms with Crippen LogP contribution >= 0.6 is 11.6 Å². The first kappa shape index (κ1) is 28.1. The van der Waals surface area contributed by atoms with Gasteiger partial charge in [0.1, 0.15) is 6.04 Å². The smallest absolute Gasteiger partial charge is 0.327 e. The van der Waals surface area contributed by atoms with Crippen molar-refractivity contribution >= 4 is 35.1 Å². The predicted molar refractivity (Wildman–Crippen MR) is 148 cm³/mol. The van der Waals surface area contributed by atoms with E-state index in [2.05, 4.69) is 36.9 Å². The lowest BCUT2D eigenvalue weighted by Crippen LogP contribution is -2.59. The van der Waals surface area contributed by atoms with E-state index in [0.29, 0.717) is 17.9 Å². The number of carbonyl (C=O) groups excluding carboxylic acids is 2. The van der Waals surface area contributed by atoms with Gasteiger partial charge in [-0.3, -0.25) is 14.6 Å². The summed E-state index contributed by atoms with van der Waals surface area (Å²) in [5, 5.41) is 2.69. The standard InChI is InChI=1S/C27H38ClN7O3/c1-5-19-16-34(25-23(28)31-21(24(29)32-25)26(36)30-3)14-15-35(19)20-10-12-33(13-11-20)22(27(37)38-4)18-8-6-17(2)7-9-18/h6-9,19-20,22H,5,10-16H2,1-4H3,(H2,29,32)(H,30,36)/t19-,22+/m0/s1. The van der Waals surface area contributed by atoms with Crippen LogP contribution in [0.3, 0.4) is 0 Å². The highest BCUT2D eigenvalue weighted by atomic mass is 35.5. The van der Waals surface area contributed by atoms with E-state index in [1.54, 1.807) is 0 Å². The Hall–Kier alpha value is -2.95. The number of methoxy groups -OCH3 is 1. The molecule has 38 heavy (non-hydrogen) atoms. The van der Waals surface area contributed by atoms with E-state index >= 15 is 0 Å². The zero-order valence-corrected chi connectivity index (χ0v) is 23.4. The number of carbonyl (C=O) groups is 2. The van der Waals surface area contributed by atoms with Gasteiger partial charge >= 0.3 is 5.97 Å². The molecule has 2 saturated heterocycles. The van der Waals surface area contributed by atoms with E-state index in [-0.39, 0.29) is 28.7 Å². The van der Waals surface area contributed by atoms with Crippen molar-refractivity contribution in [2.45, 2.75) is 51.2 Å². The van der Waals surface area contributed by atoms with Gasteiger partial charge in [-0.1, -0.05) is 48.4 Å². The maximum absolute atomic E-state index is 12.7. The minimum atomic E-state index is -0.414. The summed E-state index contributed by atoms with van der Waals surface area (Å²) in [5.74, 6) is -0.0426. The first-order valence-electron chi connectivity index (χ1n) is 13.2. The van der Waals surface area contributed by atoms with Gasteiger partial charge in [-0.05, 0) is 31.7 Å². The minimum Gasteiger partial charge on any atom is -0.468 e. The average Bonchev–Trinajstić information content (AvgIpc) is 2.94. The third-order valence-electron chi connectivity index (χ3n) is 7.76. The number of piperidine rings is 1. The van der Waals surface area contributed by atoms with E-state index in [0.717, 1.165) is 63.1 Å². The van der Waals surface area contributed by atoms with Crippen LogP contribution in [0, 0.1) is 6.92 Å². The van der Waals surface area contributed by atoms with Crippen LogP contribution in [0.15, 0.2) is 24.3 Å². The lowest BCUT2D eigenvalue weighted by atomic mass is 9.95. The number of amides is 1. The number of ether oxygens (including phenoxy) is 1. The van der Waals surface area contributed by atoms with E-state index < -0.39 is 5.91 Å². The number of hydrogen-bond acceptors (Lipinski definition) is 9. The van der Waals surface area contributed by atoms with Gasteiger partial charge in [0, 0.05) is 51.9 Å². The second-order valence-corrected chi connectivity index (χ2v) is 10.4. The van der Waals surface area contributed by atoms with Crippen LogP contribution < -0.4 is 16.0 Å². The largest absolute Gasteiger partial charge is 0.468 e. The quantitative estimate of drug-likeness (QED) is 0.508. The molecule has 1 aromatic heterocycles. The molecule has 2 atom stereocenters. The van der Waals surface area contributed by atoms with Gasteiger partial charge in [0.15, 0.2) is 22.5 Å². The summed E-state index contributed by atoms with van der Waals surface area (Å²) in [4.78, 5) is 40.4. The van der Waals surface area contributed by atoms with Crippen molar-refractivity contribution in [1.82, 2.24) is 25.1 Å². The lowest BCUT2D eigenvalue weighted by Gasteiger charge is -2.48. The maximum atomic E-state index is 12.7. The number of nitrogens with zero attached hydrogens (tertiary/aromatic N) is 5. The Balaban J connectivity index is 1.42. The molecule has 2 aliphatic heterocycles. The zero-order chi connectivity index (χ0) is 27.4. The molecule has 4 rings (SSSR count). The van der Waals surface area contributed by atoms with Crippen molar-refractivity contribution in [2.75, 3.05) is 57.5 Å². The first-order chi connectivity index (χ1) is 18.3. The summed E-state index contributed by atoms with van der Waals surface area (Å²) in [6, 6.07) is 8.49. The molecule has 2 aliphatic rings. The van der Waals surface area contributed by atoms with Crippen LogP contribution in [0.1, 0.15) is 53.8 Å². The number of aryl methyl sites for hydroxylation is 1. The Morgan fingerprint density at radius 2 is 1.84 bits per heavy atom. The van der Waals surface area contributed by atoms with E-state index in [1.807, 2.05) is 31.2 Å². The number of benzene rings is 1. The van der Waals surface area contributed by atoms with Gasteiger partial charge < -0.3 is 20.7 Å². The molecule has 0 unspecified atom stereocenters. The molecule has 11 heteroatoms. The molecule has 206 valence electrons. The number of nitrogen functional groups attached to an aromatic ring is 1. The minimum absolute atomic E-state index is 0.0367. The van der Waals surface area contributed by atoms with Gasteiger partial charge in [0.05, 0.1) is 7.11 Å². The fourth-order valence-electron chi connectivity index (χ4n) is 5.64. The second-order valence-electron chi connectivity index (χ2n) is 10.0. The number of anilines is 2. The number of aromatic nitrogens is 2. The number of nitrogens with one attached hydrogen (secondary N) is 1. The highest BCUT2D eigenvalue weighted by Gasteiger charge is 2.37. The summed E-state index contributed by atoms with van der Waals surface area (Å²) < 4.78 is 5.18. The van der Waals surface area contributed by atoms with E-state index in [4.69, 9.17) is 22.1 Å². The van der Waals surface area contributed by atoms with Gasteiger partial charge in [-0.25, -0.2) is 14.8 Å². The van der Waals surface area contributed by atoms with Gasteiger partial charge in [0.2, 0.25) is 0 Å². The molecule has 0 radical (unpaired) electrons. The molecule has 1 aromatic carbocycles. The molecule has 0 saturated carbocycles. The third kappa shape index (κ3) is 5.87. The number of nitrogens with two attached hydrogens (primary N) is 1. The van der Waals surface area contributed by atoms with Crippen molar-refractivity contribution in [1.29, 1.82) is 0 Å². The highest BCUT2D eigenvalue weighted by Crippen LogP contribution is 2.32. The topological polar surface area (TPSA) is 117 Å². The number of hydrogen-bond donors (Lipinski definition) is 2. The Bertz CT molecular complexity index is 1140. The molecule has 10 nitrogen and oxygen atoms in total. The van der Waals surface area contributed by atoms with Crippen molar-refractivity contribution < 1.29 is 14.3 Å². The molecule has 0 bridgehead atoms. The fraction of sp³-hybridized carbons (Fsp3) is 0.556. The molecular weight excluding hydrogens is 506 g/mol. The van der Waals surface area contributed by atoms with Crippen LogP contribution in [-0.4, -0.2) is 90.6 Å². The van der Waals surface area contributed by atoms with E-state index in [9.17, 15) is 9.59 Å². The fourth-order valence-corrected chi connectivity index (χ4v) is 5.89. The molecule has 0 aliphatic carbocycles. The summed E-state index contributed by atoms with van der Waals surface area (Å²) in [6.07, 6.45) is 2.93.